The minimum atomic E-state index is -2.63. The van der Waals surface area contributed by atoms with Crippen LogP contribution in [0.3, 0.4) is 0 Å². The van der Waals surface area contributed by atoms with E-state index in [0.29, 0.717) is 28.5 Å². The van der Waals surface area contributed by atoms with Crippen LogP contribution in [0.5, 0.6) is 0 Å². The lowest BCUT2D eigenvalue weighted by Crippen LogP contribution is -2.37. The van der Waals surface area contributed by atoms with Gasteiger partial charge in [-0.2, -0.15) is 0 Å². The fraction of sp³-hybridized carbons (Fsp3) is 0.773. The van der Waals surface area contributed by atoms with Crippen LogP contribution in [0, 0.1) is 17.3 Å². The highest BCUT2D eigenvalue weighted by atomic mass is 79.9. The average Bonchev–Trinajstić information content (AvgIpc) is 2.93. The topological polar surface area (TPSA) is 77.8 Å². The van der Waals surface area contributed by atoms with Crippen LogP contribution in [-0.4, -0.2) is 31.9 Å². The summed E-state index contributed by atoms with van der Waals surface area (Å²) in [6.45, 7) is 6.92. The summed E-state index contributed by atoms with van der Waals surface area (Å²) >= 11 is 3.83. The molecule has 0 heterocycles. The molecule has 3 N–H and O–H groups in total. The lowest BCUT2D eigenvalue weighted by molar-refractivity contribution is -0.205. The summed E-state index contributed by atoms with van der Waals surface area (Å²) < 4.78 is 0. The van der Waals surface area contributed by atoms with Crippen molar-refractivity contribution < 1.29 is 20.1 Å². The van der Waals surface area contributed by atoms with Gasteiger partial charge < -0.3 is 15.3 Å². The van der Waals surface area contributed by atoms with Crippen molar-refractivity contribution in [2.45, 2.75) is 89.2 Å². The number of carboxylic acid groups (broad SMARTS) is 1. The molecule has 0 aromatic carbocycles. The molecule has 0 saturated heterocycles. The summed E-state index contributed by atoms with van der Waals surface area (Å²) in [6.07, 6.45) is 17.0. The van der Waals surface area contributed by atoms with Crippen molar-refractivity contribution in [1.82, 2.24) is 0 Å². The zero-order valence-electron chi connectivity index (χ0n) is 17.0. The number of halogens is 1. The molecule has 0 bridgehead atoms. The molecule has 0 aromatic rings. The van der Waals surface area contributed by atoms with Gasteiger partial charge in [-0.15, -0.1) is 0 Å². The third kappa shape index (κ3) is 8.93. The Morgan fingerprint density at radius 1 is 1.15 bits per heavy atom. The molecule has 0 aliphatic heterocycles. The Bertz CT molecular complexity index is 510. The van der Waals surface area contributed by atoms with Gasteiger partial charge in [-0.3, -0.25) is 0 Å². The van der Waals surface area contributed by atoms with Crippen LogP contribution in [0.1, 0.15) is 78.6 Å². The van der Waals surface area contributed by atoms with E-state index in [4.69, 9.17) is 5.11 Å². The average molecular weight is 445 g/mol. The Kier molecular flexibility index (Phi) is 10.3. The highest BCUT2D eigenvalue weighted by molar-refractivity contribution is 9.09. The number of aliphatic hydroxyl groups is 2. The first-order chi connectivity index (χ1) is 12.6. The van der Waals surface area contributed by atoms with E-state index in [9.17, 15) is 15.0 Å². The van der Waals surface area contributed by atoms with Gasteiger partial charge in [0.05, 0.1) is 0 Å². The molecule has 1 aliphatic rings. The van der Waals surface area contributed by atoms with Gasteiger partial charge in [0.2, 0.25) is 0 Å². The SMILES string of the molecule is CCCCC(C)(C)C/C=C/[C@@H]1[C@@H](C/C=C\CCC(O)(O)C(=O)O)CC[C@@H]1Br. The zero-order valence-corrected chi connectivity index (χ0v) is 18.6. The molecule has 0 amide bonds. The largest absolute Gasteiger partial charge is 0.477 e. The number of carbonyl (C=O) groups is 1. The minimum Gasteiger partial charge on any atom is -0.477 e. The second-order valence-electron chi connectivity index (χ2n) is 8.70. The van der Waals surface area contributed by atoms with Crippen LogP contribution < -0.4 is 0 Å². The van der Waals surface area contributed by atoms with Crippen LogP contribution in [0.15, 0.2) is 24.3 Å². The number of hydrogen-bond acceptors (Lipinski definition) is 3. The summed E-state index contributed by atoms with van der Waals surface area (Å²) in [4.78, 5) is 11.2. The zero-order chi connectivity index (χ0) is 20.5. The Hall–Kier alpha value is -0.650. The van der Waals surface area contributed by atoms with Crippen molar-refractivity contribution in [3.05, 3.63) is 24.3 Å². The third-order valence-corrected chi connectivity index (χ3v) is 6.69. The van der Waals surface area contributed by atoms with E-state index in [1.165, 1.54) is 32.1 Å². The number of carboxylic acids is 1. The van der Waals surface area contributed by atoms with Gasteiger partial charge >= 0.3 is 5.97 Å². The molecule has 1 saturated carbocycles. The van der Waals surface area contributed by atoms with E-state index in [1.807, 2.05) is 6.08 Å². The molecule has 5 heteroatoms. The molecule has 1 rings (SSSR count). The van der Waals surface area contributed by atoms with Crippen LogP contribution in [0.2, 0.25) is 0 Å². The van der Waals surface area contributed by atoms with Crippen molar-refractivity contribution in [3.8, 4) is 0 Å². The molecular formula is C22H37BrO4. The van der Waals surface area contributed by atoms with Crippen molar-refractivity contribution in [2.24, 2.45) is 17.3 Å². The van der Waals surface area contributed by atoms with Crippen molar-refractivity contribution >= 4 is 21.9 Å². The summed E-state index contributed by atoms with van der Waals surface area (Å²) in [5.74, 6) is -3.13. The molecule has 0 unspecified atom stereocenters. The standard InChI is InChI=1S/C22H37BrO4/c1-4-5-14-21(2,3)15-9-11-18-17(12-13-19(18)23)10-7-6-8-16-22(26,27)20(24)25/h6-7,9,11,17-19,26-27H,4-5,8,10,12-16H2,1-3H3,(H,24,25)/b7-6-,11-9+/t17-,18+,19-/m0/s1. The smallest absolute Gasteiger partial charge is 0.364 e. The van der Waals surface area contributed by atoms with E-state index in [0.717, 1.165) is 12.8 Å². The first-order valence-corrected chi connectivity index (χ1v) is 11.1. The second-order valence-corrected chi connectivity index (χ2v) is 9.87. The van der Waals surface area contributed by atoms with Gasteiger partial charge in [0.25, 0.3) is 5.79 Å². The lowest BCUT2D eigenvalue weighted by atomic mass is 9.83. The lowest BCUT2D eigenvalue weighted by Gasteiger charge is -2.23. The predicted octanol–water partition coefficient (Wildman–Crippen LogP) is 5.43. The Balaban J connectivity index is 2.47. The number of hydrogen-bond donors (Lipinski definition) is 3. The molecule has 0 spiro atoms. The van der Waals surface area contributed by atoms with E-state index < -0.39 is 11.8 Å². The van der Waals surface area contributed by atoms with Crippen molar-refractivity contribution in [2.75, 3.05) is 0 Å². The summed E-state index contributed by atoms with van der Waals surface area (Å²) in [5.41, 5.74) is 0.355. The van der Waals surface area contributed by atoms with Crippen LogP contribution in [0.25, 0.3) is 0 Å². The van der Waals surface area contributed by atoms with E-state index in [-0.39, 0.29) is 6.42 Å². The maximum absolute atomic E-state index is 10.7. The Morgan fingerprint density at radius 3 is 2.48 bits per heavy atom. The molecule has 1 fully saturated rings. The fourth-order valence-corrected chi connectivity index (χ4v) is 4.56. The van der Waals surface area contributed by atoms with E-state index in [1.54, 1.807) is 0 Å². The quantitative estimate of drug-likeness (QED) is 0.213. The van der Waals surface area contributed by atoms with Crippen molar-refractivity contribution in [1.29, 1.82) is 0 Å². The molecule has 3 atom stereocenters. The molecule has 1 aliphatic carbocycles. The van der Waals surface area contributed by atoms with Crippen LogP contribution >= 0.6 is 15.9 Å². The first kappa shape index (κ1) is 24.4. The monoisotopic (exact) mass is 444 g/mol. The number of aliphatic carboxylic acids is 1. The first-order valence-electron chi connectivity index (χ1n) is 10.2. The van der Waals surface area contributed by atoms with Crippen molar-refractivity contribution in [3.63, 3.8) is 0 Å². The van der Waals surface area contributed by atoms with Gasteiger partial charge in [0.1, 0.15) is 0 Å². The van der Waals surface area contributed by atoms with Crippen LogP contribution in [-0.2, 0) is 4.79 Å². The Labute approximate surface area is 172 Å². The van der Waals surface area contributed by atoms with Gasteiger partial charge in [0.15, 0.2) is 0 Å². The number of rotatable bonds is 12. The normalized spacial score (nSPS) is 24.3. The molecule has 0 radical (unpaired) electrons. The summed E-state index contributed by atoms with van der Waals surface area (Å²) in [5, 5.41) is 27.3. The number of alkyl halides is 1. The number of allylic oxidation sites excluding steroid dienone is 4. The second kappa shape index (κ2) is 11.4. The summed E-state index contributed by atoms with van der Waals surface area (Å²) in [7, 11) is 0. The minimum absolute atomic E-state index is 0.194. The molecule has 27 heavy (non-hydrogen) atoms. The maximum atomic E-state index is 10.7. The number of unbranched alkanes of at least 4 members (excludes halogenated alkanes) is 1. The Morgan fingerprint density at radius 2 is 1.85 bits per heavy atom. The maximum Gasteiger partial charge on any atom is 0.364 e. The molecule has 0 aromatic heterocycles. The molecule has 156 valence electrons. The molecular weight excluding hydrogens is 408 g/mol. The fourth-order valence-electron chi connectivity index (χ4n) is 3.69. The van der Waals surface area contributed by atoms with Gasteiger partial charge in [-0.05, 0) is 55.8 Å². The highest BCUT2D eigenvalue weighted by Crippen LogP contribution is 2.40. The third-order valence-electron chi connectivity index (χ3n) is 5.62. The predicted molar refractivity (Wildman–Crippen MR) is 114 cm³/mol. The van der Waals surface area contributed by atoms with Gasteiger partial charge in [-0.1, -0.05) is 73.8 Å². The highest BCUT2D eigenvalue weighted by Gasteiger charge is 2.33. The van der Waals surface area contributed by atoms with E-state index >= 15 is 0 Å². The summed E-state index contributed by atoms with van der Waals surface area (Å²) in [6, 6.07) is 0. The molecule has 4 nitrogen and oxygen atoms in total. The van der Waals surface area contributed by atoms with Crippen LogP contribution in [0.4, 0.5) is 0 Å². The van der Waals surface area contributed by atoms with E-state index in [2.05, 4.69) is 54.9 Å². The van der Waals surface area contributed by atoms with Gasteiger partial charge in [0, 0.05) is 11.2 Å². The van der Waals surface area contributed by atoms with Gasteiger partial charge in [-0.25, -0.2) is 4.79 Å².